The molecule has 0 aliphatic heterocycles. The number of fused-ring (bicyclic) bond motifs is 1. The second kappa shape index (κ2) is 4.44. The molecular formula is C14H15NO3. The number of benzene rings is 1. The number of hydrogen-bond donors (Lipinski definition) is 1. The van der Waals surface area contributed by atoms with E-state index in [4.69, 9.17) is 9.52 Å². The number of carboxylic acids is 1. The van der Waals surface area contributed by atoms with Gasteiger partial charge in [-0.25, -0.2) is 9.78 Å². The van der Waals surface area contributed by atoms with E-state index in [2.05, 4.69) is 4.98 Å². The zero-order valence-corrected chi connectivity index (χ0v) is 10.1. The molecule has 1 aromatic carbocycles. The van der Waals surface area contributed by atoms with Gasteiger partial charge in [-0.2, -0.15) is 0 Å². The van der Waals surface area contributed by atoms with Crippen LogP contribution in [0, 0.1) is 0 Å². The number of nitrogens with zero attached hydrogens (tertiary/aromatic N) is 1. The molecule has 0 bridgehead atoms. The van der Waals surface area contributed by atoms with Crippen LogP contribution in [0.5, 0.6) is 0 Å². The largest absolute Gasteiger partial charge is 0.478 e. The van der Waals surface area contributed by atoms with Crippen LogP contribution >= 0.6 is 0 Å². The molecule has 4 nitrogen and oxygen atoms in total. The summed E-state index contributed by atoms with van der Waals surface area (Å²) in [4.78, 5) is 15.3. The maximum Gasteiger partial charge on any atom is 0.335 e. The monoisotopic (exact) mass is 245 g/mol. The van der Waals surface area contributed by atoms with Crippen LogP contribution in [-0.4, -0.2) is 16.1 Å². The predicted molar refractivity (Wildman–Crippen MR) is 66.8 cm³/mol. The summed E-state index contributed by atoms with van der Waals surface area (Å²) in [5.74, 6) is 0.241. The average Bonchev–Trinajstić information content (AvgIpc) is 2.82. The Morgan fingerprint density at radius 2 is 2.06 bits per heavy atom. The third kappa shape index (κ3) is 1.98. The highest BCUT2D eigenvalue weighted by Crippen LogP contribution is 2.33. The Morgan fingerprint density at radius 1 is 1.28 bits per heavy atom. The fourth-order valence-corrected chi connectivity index (χ4v) is 2.60. The van der Waals surface area contributed by atoms with Gasteiger partial charge in [-0.05, 0) is 31.0 Å². The van der Waals surface area contributed by atoms with Crippen LogP contribution in [0.2, 0.25) is 0 Å². The number of carbonyl (C=O) groups is 1. The molecule has 0 saturated heterocycles. The highest BCUT2D eigenvalue weighted by atomic mass is 16.4. The van der Waals surface area contributed by atoms with Crippen molar-refractivity contribution in [2.45, 2.75) is 38.0 Å². The van der Waals surface area contributed by atoms with E-state index in [1.54, 1.807) is 18.2 Å². The molecule has 3 rings (SSSR count). The third-order valence-electron chi connectivity index (χ3n) is 3.61. The fourth-order valence-electron chi connectivity index (χ4n) is 2.60. The first-order valence-corrected chi connectivity index (χ1v) is 6.38. The Morgan fingerprint density at radius 3 is 2.78 bits per heavy atom. The van der Waals surface area contributed by atoms with Crippen molar-refractivity contribution in [3.63, 3.8) is 0 Å². The Hall–Kier alpha value is -1.84. The molecule has 1 N–H and O–H groups in total. The summed E-state index contributed by atoms with van der Waals surface area (Å²) >= 11 is 0. The van der Waals surface area contributed by atoms with Gasteiger partial charge in [0, 0.05) is 5.92 Å². The lowest BCUT2D eigenvalue weighted by Gasteiger charge is -2.17. The van der Waals surface area contributed by atoms with Gasteiger partial charge in [0.2, 0.25) is 0 Å². The molecule has 1 heterocycles. The molecule has 18 heavy (non-hydrogen) atoms. The molecule has 0 unspecified atom stereocenters. The van der Waals surface area contributed by atoms with Crippen LogP contribution in [-0.2, 0) is 0 Å². The molecule has 4 heteroatoms. The lowest BCUT2D eigenvalue weighted by atomic mass is 9.89. The van der Waals surface area contributed by atoms with Gasteiger partial charge in [-0.3, -0.25) is 0 Å². The number of rotatable bonds is 2. The molecule has 0 atom stereocenters. The average molecular weight is 245 g/mol. The second-order valence-electron chi connectivity index (χ2n) is 4.87. The normalized spacial score (nSPS) is 17.1. The summed E-state index contributed by atoms with van der Waals surface area (Å²) < 4.78 is 5.74. The standard InChI is InChI=1S/C14H15NO3/c16-14(17)10-6-7-12-11(8-10)15-13(18-12)9-4-2-1-3-5-9/h6-9H,1-5H2,(H,16,17). The second-order valence-corrected chi connectivity index (χ2v) is 4.87. The highest BCUT2D eigenvalue weighted by Gasteiger charge is 2.21. The summed E-state index contributed by atoms with van der Waals surface area (Å²) in [7, 11) is 0. The van der Waals surface area contributed by atoms with Crippen LogP contribution in [0.15, 0.2) is 22.6 Å². The van der Waals surface area contributed by atoms with Crippen LogP contribution in [0.4, 0.5) is 0 Å². The minimum Gasteiger partial charge on any atom is -0.478 e. The first-order chi connectivity index (χ1) is 8.74. The summed E-state index contributed by atoms with van der Waals surface area (Å²) in [6.07, 6.45) is 5.99. The van der Waals surface area contributed by atoms with Gasteiger partial charge in [-0.1, -0.05) is 19.3 Å². The molecule has 1 aromatic heterocycles. The molecule has 1 aliphatic carbocycles. The van der Waals surface area contributed by atoms with Crippen molar-refractivity contribution in [1.82, 2.24) is 4.98 Å². The highest BCUT2D eigenvalue weighted by molar-refractivity contribution is 5.91. The molecule has 0 amide bonds. The minimum atomic E-state index is -0.931. The van der Waals surface area contributed by atoms with Crippen LogP contribution in [0.1, 0.15) is 54.3 Å². The Labute approximate surface area is 105 Å². The van der Waals surface area contributed by atoms with E-state index in [0.717, 1.165) is 18.7 Å². The van der Waals surface area contributed by atoms with E-state index in [1.165, 1.54) is 19.3 Å². The van der Waals surface area contributed by atoms with Crippen LogP contribution in [0.3, 0.4) is 0 Å². The molecule has 2 aromatic rings. The van der Waals surface area contributed by atoms with Gasteiger partial charge in [-0.15, -0.1) is 0 Å². The summed E-state index contributed by atoms with van der Waals surface area (Å²) in [5.41, 5.74) is 1.59. The summed E-state index contributed by atoms with van der Waals surface area (Å²) in [5, 5.41) is 8.94. The molecular weight excluding hydrogens is 230 g/mol. The van der Waals surface area contributed by atoms with Gasteiger partial charge in [0.1, 0.15) is 5.52 Å². The van der Waals surface area contributed by atoms with Crippen molar-refractivity contribution in [2.75, 3.05) is 0 Å². The smallest absolute Gasteiger partial charge is 0.335 e. The zero-order chi connectivity index (χ0) is 12.5. The molecule has 94 valence electrons. The van der Waals surface area contributed by atoms with Crippen LogP contribution < -0.4 is 0 Å². The topological polar surface area (TPSA) is 63.3 Å². The molecule has 1 saturated carbocycles. The van der Waals surface area contributed by atoms with Crippen LogP contribution in [0.25, 0.3) is 11.1 Å². The first-order valence-electron chi connectivity index (χ1n) is 6.38. The molecule has 0 radical (unpaired) electrons. The summed E-state index contributed by atoms with van der Waals surface area (Å²) in [6.45, 7) is 0. The van der Waals surface area contributed by atoms with E-state index in [0.29, 0.717) is 17.0 Å². The first kappa shape index (κ1) is 11.3. The predicted octanol–water partition coefficient (Wildman–Crippen LogP) is 3.57. The van der Waals surface area contributed by atoms with Gasteiger partial charge in [0.15, 0.2) is 11.5 Å². The van der Waals surface area contributed by atoms with Gasteiger partial charge >= 0.3 is 5.97 Å². The minimum absolute atomic E-state index is 0.256. The SMILES string of the molecule is O=C(O)c1ccc2oc(C3CCCCC3)nc2c1. The van der Waals surface area contributed by atoms with Gasteiger partial charge in [0.25, 0.3) is 0 Å². The Kier molecular flexibility index (Phi) is 2.78. The van der Waals surface area contributed by atoms with Crippen molar-refractivity contribution in [1.29, 1.82) is 0 Å². The quantitative estimate of drug-likeness (QED) is 0.878. The molecule has 0 spiro atoms. The molecule has 1 fully saturated rings. The van der Waals surface area contributed by atoms with Gasteiger partial charge in [0.05, 0.1) is 5.56 Å². The number of hydrogen-bond acceptors (Lipinski definition) is 3. The van der Waals surface area contributed by atoms with Crippen molar-refractivity contribution >= 4 is 17.1 Å². The lowest BCUT2D eigenvalue weighted by Crippen LogP contribution is -2.04. The van der Waals surface area contributed by atoms with E-state index >= 15 is 0 Å². The maximum absolute atomic E-state index is 10.9. The zero-order valence-electron chi connectivity index (χ0n) is 10.1. The number of oxazole rings is 1. The van der Waals surface area contributed by atoms with E-state index in [-0.39, 0.29) is 5.56 Å². The van der Waals surface area contributed by atoms with Crippen molar-refractivity contribution in [3.05, 3.63) is 29.7 Å². The third-order valence-corrected chi connectivity index (χ3v) is 3.61. The van der Waals surface area contributed by atoms with Crippen molar-refractivity contribution in [2.24, 2.45) is 0 Å². The fraction of sp³-hybridized carbons (Fsp3) is 0.429. The summed E-state index contributed by atoms with van der Waals surface area (Å²) in [6, 6.07) is 4.83. The van der Waals surface area contributed by atoms with Crippen molar-refractivity contribution in [3.8, 4) is 0 Å². The lowest BCUT2D eigenvalue weighted by molar-refractivity contribution is 0.0697. The Bertz CT molecular complexity index is 582. The number of aromatic nitrogens is 1. The van der Waals surface area contributed by atoms with Crippen molar-refractivity contribution < 1.29 is 14.3 Å². The number of aromatic carboxylic acids is 1. The van der Waals surface area contributed by atoms with E-state index in [1.807, 2.05) is 0 Å². The van der Waals surface area contributed by atoms with E-state index < -0.39 is 5.97 Å². The maximum atomic E-state index is 10.9. The number of carboxylic acid groups (broad SMARTS) is 1. The molecule has 1 aliphatic rings. The van der Waals surface area contributed by atoms with Gasteiger partial charge < -0.3 is 9.52 Å². The van der Waals surface area contributed by atoms with E-state index in [9.17, 15) is 4.79 Å². The Balaban J connectivity index is 1.97.